The zero-order valence-corrected chi connectivity index (χ0v) is 10.4. The predicted molar refractivity (Wildman–Crippen MR) is 58.4 cm³/mol. The third kappa shape index (κ3) is 2.17. The van der Waals surface area contributed by atoms with Crippen LogP contribution in [0.4, 0.5) is 0 Å². The van der Waals surface area contributed by atoms with Crippen molar-refractivity contribution in [2.45, 2.75) is 49.5 Å². The first-order valence-electron chi connectivity index (χ1n) is 6.03. The molecule has 110 valence electrons. The molecule has 1 unspecified atom stereocenters. The van der Waals surface area contributed by atoms with Gasteiger partial charge in [-0.2, -0.15) is 0 Å². The molecule has 2 heterocycles. The van der Waals surface area contributed by atoms with Gasteiger partial charge in [0.1, 0.15) is 18.3 Å². The first-order chi connectivity index (χ1) is 8.84. The summed E-state index contributed by atoms with van der Waals surface area (Å²) in [4.78, 5) is 14.8. The summed E-state index contributed by atoms with van der Waals surface area (Å²) in [5.74, 6) is -2.44. The van der Waals surface area contributed by atoms with Crippen molar-refractivity contribution in [3.8, 4) is 0 Å². The maximum Gasteiger partial charge on any atom is 0.297 e. The van der Waals surface area contributed by atoms with Crippen molar-refractivity contribution in [2.24, 2.45) is 0 Å². The molecule has 0 saturated carbocycles. The van der Waals surface area contributed by atoms with Crippen molar-refractivity contribution < 1.29 is 34.7 Å². The second-order valence-electron chi connectivity index (χ2n) is 4.87. The Morgan fingerprint density at radius 3 is 2.84 bits per heavy atom. The maximum absolute atomic E-state index is 10.5. The number of ether oxygens (including phenoxy) is 2. The van der Waals surface area contributed by atoms with Gasteiger partial charge in [0.15, 0.2) is 5.60 Å². The molecule has 9 nitrogen and oxygen atoms in total. The van der Waals surface area contributed by atoms with Crippen LogP contribution in [0.1, 0.15) is 19.8 Å². The highest BCUT2D eigenvalue weighted by Crippen LogP contribution is 2.43. The number of fused-ring (bicyclic) bond motifs is 1. The molecular weight excluding hydrogens is 262 g/mol. The first-order valence-corrected chi connectivity index (χ1v) is 6.03. The van der Waals surface area contributed by atoms with Gasteiger partial charge in [-0.3, -0.25) is 4.84 Å². The molecule has 5 atom stereocenters. The van der Waals surface area contributed by atoms with Gasteiger partial charge in [0.25, 0.3) is 5.09 Å². The molecule has 2 fully saturated rings. The molecule has 2 aliphatic rings. The van der Waals surface area contributed by atoms with Crippen molar-refractivity contribution in [2.75, 3.05) is 13.2 Å². The lowest BCUT2D eigenvalue weighted by Crippen LogP contribution is -2.63. The summed E-state index contributed by atoms with van der Waals surface area (Å²) < 4.78 is 10.4. The van der Waals surface area contributed by atoms with Gasteiger partial charge in [-0.25, -0.2) is 0 Å². The van der Waals surface area contributed by atoms with E-state index in [1.54, 1.807) is 6.92 Å². The number of nitrogens with zero attached hydrogens (tertiary/aromatic N) is 1. The lowest BCUT2D eigenvalue weighted by molar-refractivity contribution is -0.803. The summed E-state index contributed by atoms with van der Waals surface area (Å²) in [5.41, 5.74) is -2.10. The molecule has 0 radical (unpaired) electrons. The third-order valence-electron chi connectivity index (χ3n) is 3.58. The van der Waals surface area contributed by atoms with Crippen molar-refractivity contribution in [1.82, 2.24) is 0 Å². The van der Waals surface area contributed by atoms with Crippen LogP contribution < -0.4 is 0 Å². The van der Waals surface area contributed by atoms with Crippen molar-refractivity contribution >= 4 is 0 Å². The molecular formula is C10H17NO8. The van der Waals surface area contributed by atoms with Crippen LogP contribution in [0.5, 0.6) is 0 Å². The van der Waals surface area contributed by atoms with E-state index in [0.717, 1.165) is 0 Å². The van der Waals surface area contributed by atoms with E-state index in [9.17, 15) is 25.4 Å². The van der Waals surface area contributed by atoms with E-state index in [1.807, 2.05) is 0 Å². The Balaban J connectivity index is 2.27. The summed E-state index contributed by atoms with van der Waals surface area (Å²) in [6.45, 7) is 1.19. The van der Waals surface area contributed by atoms with Crippen LogP contribution in [0.3, 0.4) is 0 Å². The SMILES string of the molecule is CCCC(O)(O[N+](=O)[O-])[C@]1(O)CO[C@@H]2[C@@H](O)CO[C@@H]21. The summed E-state index contributed by atoms with van der Waals surface area (Å²) in [6.07, 6.45) is -2.67. The van der Waals surface area contributed by atoms with Crippen LogP contribution in [0, 0.1) is 10.1 Å². The van der Waals surface area contributed by atoms with Crippen LogP contribution in [0.2, 0.25) is 0 Å². The molecule has 9 heteroatoms. The number of rotatable bonds is 5. The topological polar surface area (TPSA) is 132 Å². The van der Waals surface area contributed by atoms with Crippen LogP contribution in [-0.2, 0) is 14.3 Å². The summed E-state index contributed by atoms with van der Waals surface area (Å²) >= 11 is 0. The Morgan fingerprint density at radius 1 is 1.58 bits per heavy atom. The highest BCUT2D eigenvalue weighted by atomic mass is 17.0. The van der Waals surface area contributed by atoms with Gasteiger partial charge < -0.3 is 24.8 Å². The van der Waals surface area contributed by atoms with Crippen molar-refractivity contribution in [3.05, 3.63) is 10.1 Å². The number of hydrogen-bond donors (Lipinski definition) is 3. The number of aliphatic hydroxyl groups excluding tert-OH is 1. The van der Waals surface area contributed by atoms with Gasteiger partial charge in [-0.15, -0.1) is 10.1 Å². The fourth-order valence-corrected chi connectivity index (χ4v) is 2.65. The van der Waals surface area contributed by atoms with Crippen LogP contribution in [0.25, 0.3) is 0 Å². The van der Waals surface area contributed by atoms with Crippen LogP contribution >= 0.6 is 0 Å². The van der Waals surface area contributed by atoms with Gasteiger partial charge in [0.2, 0.25) is 5.79 Å². The molecule has 2 saturated heterocycles. The highest BCUT2D eigenvalue weighted by Gasteiger charge is 2.66. The molecule has 19 heavy (non-hydrogen) atoms. The van der Waals surface area contributed by atoms with Crippen LogP contribution in [-0.4, -0.2) is 63.3 Å². The van der Waals surface area contributed by atoms with Crippen molar-refractivity contribution in [3.63, 3.8) is 0 Å². The average Bonchev–Trinajstić information content (AvgIpc) is 2.82. The largest absolute Gasteiger partial charge is 0.388 e. The van der Waals surface area contributed by atoms with E-state index in [-0.39, 0.29) is 13.0 Å². The molecule has 0 aromatic heterocycles. The lowest BCUT2D eigenvalue weighted by Gasteiger charge is -2.40. The highest BCUT2D eigenvalue weighted by molar-refractivity contribution is 5.10. The standard InChI is InChI=1S/C10H17NO8/c1-2-3-10(14,19-11(15)16)9(13)5-18-7-6(12)4-17-8(7)9/h6-8,12-14H,2-5H2,1H3/t6-,7+,8-,9-,10?/m0/s1. The fourth-order valence-electron chi connectivity index (χ4n) is 2.65. The second-order valence-corrected chi connectivity index (χ2v) is 4.87. The van der Waals surface area contributed by atoms with E-state index in [1.165, 1.54) is 0 Å². The number of hydrogen-bond acceptors (Lipinski definition) is 8. The second kappa shape index (κ2) is 4.84. The Morgan fingerprint density at radius 2 is 2.26 bits per heavy atom. The summed E-state index contributed by atoms with van der Waals surface area (Å²) in [7, 11) is 0. The summed E-state index contributed by atoms with van der Waals surface area (Å²) in [5, 5.41) is 39.8. The van der Waals surface area contributed by atoms with E-state index in [0.29, 0.717) is 6.42 Å². The third-order valence-corrected chi connectivity index (χ3v) is 3.58. The zero-order chi connectivity index (χ0) is 14.3. The zero-order valence-electron chi connectivity index (χ0n) is 10.4. The molecule has 0 bridgehead atoms. The van der Waals surface area contributed by atoms with E-state index < -0.39 is 41.4 Å². The Kier molecular flexibility index (Phi) is 3.67. The normalized spacial score (nSPS) is 40.7. The van der Waals surface area contributed by atoms with Gasteiger partial charge in [-0.05, 0) is 0 Å². The van der Waals surface area contributed by atoms with E-state index in [2.05, 4.69) is 4.84 Å². The fraction of sp³-hybridized carbons (Fsp3) is 1.00. The average molecular weight is 279 g/mol. The molecule has 0 aromatic rings. The number of aliphatic hydroxyl groups is 3. The molecule has 0 spiro atoms. The van der Waals surface area contributed by atoms with Crippen molar-refractivity contribution in [1.29, 1.82) is 0 Å². The van der Waals surface area contributed by atoms with Gasteiger partial charge in [0, 0.05) is 6.42 Å². The predicted octanol–water partition coefficient (Wildman–Crippen LogP) is -1.43. The monoisotopic (exact) mass is 279 g/mol. The van der Waals surface area contributed by atoms with E-state index in [4.69, 9.17) is 9.47 Å². The minimum absolute atomic E-state index is 0.0711. The molecule has 0 aliphatic carbocycles. The maximum atomic E-state index is 10.5. The van der Waals surface area contributed by atoms with Gasteiger partial charge >= 0.3 is 0 Å². The van der Waals surface area contributed by atoms with E-state index >= 15 is 0 Å². The van der Waals surface area contributed by atoms with Crippen LogP contribution in [0.15, 0.2) is 0 Å². The minimum Gasteiger partial charge on any atom is -0.388 e. The first kappa shape index (κ1) is 14.4. The Bertz CT molecular complexity index is 365. The smallest absolute Gasteiger partial charge is 0.297 e. The Hall–Kier alpha value is -1.00. The Labute approximate surface area is 108 Å². The van der Waals surface area contributed by atoms with Gasteiger partial charge in [-0.1, -0.05) is 13.3 Å². The van der Waals surface area contributed by atoms with Gasteiger partial charge in [0.05, 0.1) is 13.2 Å². The molecule has 3 N–H and O–H groups in total. The summed E-state index contributed by atoms with van der Waals surface area (Å²) in [6, 6.07) is 0. The lowest BCUT2D eigenvalue weighted by atomic mass is 9.84. The minimum atomic E-state index is -2.44. The quantitative estimate of drug-likeness (QED) is 0.317. The molecule has 2 aliphatic heterocycles. The molecule has 0 amide bonds. The molecule has 0 aromatic carbocycles. The molecule has 2 rings (SSSR count).